The van der Waals surface area contributed by atoms with Crippen LogP contribution in [0.3, 0.4) is 0 Å². The largest absolute Gasteiger partial charge is 0.463 e. The van der Waals surface area contributed by atoms with Crippen LogP contribution >= 0.6 is 0 Å². The second-order valence-corrected chi connectivity index (χ2v) is 7.89. The summed E-state index contributed by atoms with van der Waals surface area (Å²) in [5.41, 5.74) is 6.50. The zero-order valence-electron chi connectivity index (χ0n) is 19.2. The Morgan fingerprint density at radius 1 is 0.939 bits per heavy atom. The van der Waals surface area contributed by atoms with Gasteiger partial charge >= 0.3 is 23.9 Å². The number of hydrogen-bond donors (Lipinski definition) is 1. The normalized spacial score (nSPS) is 17.8. The lowest BCUT2D eigenvalue weighted by Gasteiger charge is -2.26. The predicted octanol–water partition coefficient (Wildman–Crippen LogP) is 2.33. The molecule has 0 aromatic heterocycles. The number of rotatable bonds is 11. The van der Waals surface area contributed by atoms with Gasteiger partial charge in [0.05, 0.1) is 19.1 Å². The first-order valence-corrected chi connectivity index (χ1v) is 11.4. The van der Waals surface area contributed by atoms with Crippen LogP contribution in [0.15, 0.2) is 24.3 Å². The van der Waals surface area contributed by atoms with Gasteiger partial charge in [0, 0.05) is 6.42 Å². The Bertz CT molecular complexity index is 781. The fraction of sp³-hybridized carbons (Fsp3) is 0.583. The number of hydrogen-bond acceptors (Lipinski definition) is 9. The van der Waals surface area contributed by atoms with Gasteiger partial charge in [0.15, 0.2) is 0 Å². The van der Waals surface area contributed by atoms with E-state index in [4.69, 9.17) is 24.7 Å². The van der Waals surface area contributed by atoms with Gasteiger partial charge < -0.3 is 24.7 Å². The van der Waals surface area contributed by atoms with E-state index >= 15 is 0 Å². The van der Waals surface area contributed by atoms with Gasteiger partial charge in [-0.15, -0.1) is 0 Å². The van der Waals surface area contributed by atoms with Crippen molar-refractivity contribution in [3.05, 3.63) is 29.8 Å². The summed E-state index contributed by atoms with van der Waals surface area (Å²) in [5, 5.41) is 0. The molecule has 9 heteroatoms. The third-order valence-electron chi connectivity index (χ3n) is 5.52. The predicted molar refractivity (Wildman–Crippen MR) is 118 cm³/mol. The van der Waals surface area contributed by atoms with Crippen LogP contribution < -0.4 is 10.5 Å². The lowest BCUT2D eigenvalue weighted by molar-refractivity contribution is -0.180. The maximum absolute atomic E-state index is 12.4. The van der Waals surface area contributed by atoms with Crippen molar-refractivity contribution in [2.24, 2.45) is 17.6 Å². The number of aryl methyl sites for hydroxylation is 1. The van der Waals surface area contributed by atoms with Crippen molar-refractivity contribution >= 4 is 23.9 Å². The molecule has 182 valence electrons. The van der Waals surface area contributed by atoms with Crippen LogP contribution in [0.2, 0.25) is 0 Å². The summed E-state index contributed by atoms with van der Waals surface area (Å²) < 4.78 is 20.0. The number of esters is 4. The second-order valence-electron chi connectivity index (χ2n) is 7.89. The van der Waals surface area contributed by atoms with Gasteiger partial charge in [0.2, 0.25) is 0 Å². The van der Waals surface area contributed by atoms with Crippen LogP contribution in [0.25, 0.3) is 0 Å². The molecule has 2 N–H and O–H groups in total. The average Bonchev–Trinajstić information content (AvgIpc) is 2.82. The summed E-state index contributed by atoms with van der Waals surface area (Å²) in [7, 11) is 0. The van der Waals surface area contributed by atoms with Gasteiger partial charge in [-0.3, -0.25) is 9.59 Å². The van der Waals surface area contributed by atoms with Crippen molar-refractivity contribution < 1.29 is 38.1 Å². The van der Waals surface area contributed by atoms with E-state index in [-0.39, 0.29) is 31.5 Å². The number of benzene rings is 1. The molecule has 1 aromatic rings. The highest BCUT2D eigenvalue weighted by Crippen LogP contribution is 2.29. The van der Waals surface area contributed by atoms with Gasteiger partial charge in [-0.25, -0.2) is 9.59 Å². The summed E-state index contributed by atoms with van der Waals surface area (Å²) in [6.07, 6.45) is 1.99. The maximum atomic E-state index is 12.4. The Labute approximate surface area is 193 Å². The topological polar surface area (TPSA) is 131 Å². The van der Waals surface area contributed by atoms with E-state index in [0.717, 1.165) is 31.2 Å². The molecule has 1 aromatic carbocycles. The molecule has 33 heavy (non-hydrogen) atoms. The molecule has 0 heterocycles. The van der Waals surface area contributed by atoms with E-state index in [1.54, 1.807) is 38.1 Å². The first-order valence-electron chi connectivity index (χ1n) is 11.4. The van der Waals surface area contributed by atoms with Crippen molar-refractivity contribution in [1.29, 1.82) is 0 Å². The fourth-order valence-corrected chi connectivity index (χ4v) is 3.62. The molecule has 1 aliphatic rings. The van der Waals surface area contributed by atoms with Crippen molar-refractivity contribution in [3.63, 3.8) is 0 Å². The SMILES string of the molecule is CCOC(=O)C(OC(=O)CCc1ccc(OC(=O)[C@H]2CC[C@H](CN)CC2)cc1)C(=O)OCC. The first kappa shape index (κ1) is 26.3. The monoisotopic (exact) mass is 463 g/mol. The van der Waals surface area contributed by atoms with Crippen molar-refractivity contribution in [3.8, 4) is 5.75 Å². The molecule has 2 rings (SSSR count). The summed E-state index contributed by atoms with van der Waals surface area (Å²) >= 11 is 0. The smallest absolute Gasteiger partial charge is 0.359 e. The molecule has 0 bridgehead atoms. The molecule has 9 nitrogen and oxygen atoms in total. The minimum Gasteiger partial charge on any atom is -0.463 e. The summed E-state index contributed by atoms with van der Waals surface area (Å²) in [6, 6.07) is 6.83. The molecule has 0 saturated heterocycles. The molecule has 0 amide bonds. The molecule has 0 spiro atoms. The van der Waals surface area contributed by atoms with Crippen molar-refractivity contribution in [1.82, 2.24) is 0 Å². The Morgan fingerprint density at radius 3 is 2.03 bits per heavy atom. The van der Waals surface area contributed by atoms with Crippen LogP contribution in [0.4, 0.5) is 0 Å². The highest BCUT2D eigenvalue weighted by atomic mass is 16.6. The molecule has 0 radical (unpaired) electrons. The molecule has 1 aliphatic carbocycles. The van der Waals surface area contributed by atoms with Gasteiger partial charge in [0.1, 0.15) is 5.75 Å². The summed E-state index contributed by atoms with van der Waals surface area (Å²) in [4.78, 5) is 48.3. The highest BCUT2D eigenvalue weighted by Gasteiger charge is 2.33. The van der Waals surface area contributed by atoms with E-state index in [0.29, 0.717) is 24.6 Å². The first-order chi connectivity index (χ1) is 15.9. The number of carbonyl (C=O) groups excluding carboxylic acids is 4. The average molecular weight is 464 g/mol. The van der Waals surface area contributed by atoms with Crippen LogP contribution in [0.5, 0.6) is 5.75 Å². The van der Waals surface area contributed by atoms with Crippen LogP contribution in [0.1, 0.15) is 51.5 Å². The molecule has 0 atom stereocenters. The number of ether oxygens (including phenoxy) is 4. The van der Waals surface area contributed by atoms with Gasteiger partial charge in [-0.05, 0) is 76.1 Å². The molecular formula is C24H33NO8. The minimum atomic E-state index is -1.74. The quantitative estimate of drug-likeness (QED) is 0.227. The molecule has 0 aliphatic heterocycles. The lowest BCUT2D eigenvalue weighted by Crippen LogP contribution is -2.38. The van der Waals surface area contributed by atoms with E-state index in [9.17, 15) is 19.2 Å². The van der Waals surface area contributed by atoms with Gasteiger partial charge in [0.25, 0.3) is 6.10 Å². The zero-order valence-corrected chi connectivity index (χ0v) is 19.2. The van der Waals surface area contributed by atoms with Gasteiger partial charge in [-0.2, -0.15) is 0 Å². The maximum Gasteiger partial charge on any atom is 0.359 e. The zero-order chi connectivity index (χ0) is 24.2. The van der Waals surface area contributed by atoms with E-state index < -0.39 is 24.0 Å². The third-order valence-corrected chi connectivity index (χ3v) is 5.52. The standard InChI is InChI=1S/C24H33NO8/c1-3-30-23(28)21(24(29)31-4-2)33-20(26)14-9-16-7-12-19(13-8-16)32-22(27)18-10-5-17(15-25)6-11-18/h7-8,12-13,17-18,21H,3-6,9-11,14-15,25H2,1-2H3/t17-,18-. The Kier molecular flexibility index (Phi) is 10.8. The van der Waals surface area contributed by atoms with Crippen molar-refractivity contribution in [2.45, 2.75) is 58.5 Å². The van der Waals surface area contributed by atoms with Gasteiger partial charge in [-0.1, -0.05) is 12.1 Å². The fourth-order valence-electron chi connectivity index (χ4n) is 3.62. The minimum absolute atomic E-state index is 0.0399. The Balaban J connectivity index is 1.82. The van der Waals surface area contributed by atoms with E-state index in [2.05, 4.69) is 0 Å². The Morgan fingerprint density at radius 2 is 1.52 bits per heavy atom. The van der Waals surface area contributed by atoms with Crippen LogP contribution in [-0.2, 0) is 39.8 Å². The molecular weight excluding hydrogens is 430 g/mol. The second kappa shape index (κ2) is 13.6. The Hall–Kier alpha value is -2.94. The van der Waals surface area contributed by atoms with E-state index in [1.165, 1.54) is 0 Å². The van der Waals surface area contributed by atoms with Crippen LogP contribution in [-0.4, -0.2) is 49.7 Å². The molecule has 1 fully saturated rings. The highest BCUT2D eigenvalue weighted by molar-refractivity contribution is 5.99. The van der Waals surface area contributed by atoms with Crippen molar-refractivity contribution in [2.75, 3.05) is 19.8 Å². The summed E-state index contributed by atoms with van der Waals surface area (Å²) in [6.45, 7) is 3.89. The third kappa shape index (κ3) is 8.49. The van der Waals surface area contributed by atoms with E-state index in [1.807, 2.05) is 0 Å². The number of carbonyl (C=O) groups is 4. The molecule has 0 unspecified atom stereocenters. The number of nitrogens with two attached hydrogens (primary N) is 1. The van der Waals surface area contributed by atoms with Crippen LogP contribution in [0, 0.1) is 11.8 Å². The molecule has 1 saturated carbocycles. The summed E-state index contributed by atoms with van der Waals surface area (Å²) in [5.74, 6) is -2.06. The lowest BCUT2D eigenvalue weighted by atomic mass is 9.82.